The summed E-state index contributed by atoms with van der Waals surface area (Å²) in [5, 5.41) is 14.4. The van der Waals surface area contributed by atoms with Crippen molar-refractivity contribution in [3.63, 3.8) is 0 Å². The molecule has 0 saturated heterocycles. The topological polar surface area (TPSA) is 22.4 Å². The van der Waals surface area contributed by atoms with Gasteiger partial charge >= 0.3 is 0 Å². The molecule has 2 atom stereocenters. The van der Waals surface area contributed by atoms with Gasteiger partial charge in [-0.3, -0.25) is 0 Å². The smallest absolute Gasteiger partial charge is 0.143 e. The number of ether oxygens (including phenoxy) is 1. The molecule has 14 rings (SSSR count). The van der Waals surface area contributed by atoms with Crippen LogP contribution in [0.4, 0.5) is 0 Å². The number of furan rings is 1. The zero-order valence-corrected chi connectivity index (χ0v) is 34.8. The quantitative estimate of drug-likeness (QED) is 0.165. The van der Waals surface area contributed by atoms with Crippen molar-refractivity contribution in [3.8, 4) is 28.0 Å². The van der Waals surface area contributed by atoms with E-state index in [2.05, 4.69) is 206 Å². The van der Waals surface area contributed by atoms with Crippen LogP contribution in [0.1, 0.15) is 28.7 Å². The van der Waals surface area contributed by atoms with Crippen LogP contribution in [0.15, 0.2) is 211 Å². The summed E-state index contributed by atoms with van der Waals surface area (Å²) in [7, 11) is 0. The highest BCUT2D eigenvalue weighted by Gasteiger charge is 2.40. The molecular weight excluding hydrogens is 785 g/mol. The maximum atomic E-state index is 7.64. The van der Waals surface area contributed by atoms with Crippen molar-refractivity contribution < 1.29 is 9.15 Å². The minimum Gasteiger partial charge on any atom is -0.484 e. The Morgan fingerprint density at radius 2 is 1.03 bits per heavy atom. The summed E-state index contributed by atoms with van der Waals surface area (Å²) >= 11 is 1.88. The molecule has 0 fully saturated rings. The average Bonchev–Trinajstić information content (AvgIpc) is 4.05. The second-order valence-electron chi connectivity index (χ2n) is 17.0. The van der Waals surface area contributed by atoms with Gasteiger partial charge in [-0.15, -0.1) is 11.3 Å². The van der Waals surface area contributed by atoms with E-state index in [-0.39, 0.29) is 12.0 Å². The number of rotatable bonds is 4. The molecule has 0 saturated carbocycles. The van der Waals surface area contributed by atoms with Crippen LogP contribution in [0.25, 0.3) is 107 Å². The van der Waals surface area contributed by atoms with Crippen LogP contribution in [-0.2, 0) is 0 Å². The van der Waals surface area contributed by atoms with E-state index < -0.39 is 0 Å². The van der Waals surface area contributed by atoms with Crippen LogP contribution in [0.5, 0.6) is 5.75 Å². The summed E-state index contributed by atoms with van der Waals surface area (Å²) in [6.07, 6.45) is -0.228. The lowest BCUT2D eigenvalue weighted by molar-refractivity contribution is 0.223. The molecule has 294 valence electrons. The van der Waals surface area contributed by atoms with Gasteiger partial charge in [-0.1, -0.05) is 176 Å². The zero-order valence-electron chi connectivity index (χ0n) is 34.0. The molecule has 3 heteroatoms. The van der Waals surface area contributed by atoms with Crippen molar-refractivity contribution in [1.82, 2.24) is 0 Å². The van der Waals surface area contributed by atoms with Crippen LogP contribution in [-0.4, -0.2) is 0 Å². The molecule has 2 aromatic heterocycles. The Morgan fingerprint density at radius 1 is 0.397 bits per heavy atom. The van der Waals surface area contributed by atoms with Gasteiger partial charge in [0.15, 0.2) is 0 Å². The van der Waals surface area contributed by atoms with Crippen molar-refractivity contribution in [2.75, 3.05) is 0 Å². The molecule has 2 nitrogen and oxygen atoms in total. The molecule has 0 aliphatic carbocycles. The molecular formula is C60H36O2S. The van der Waals surface area contributed by atoms with Crippen LogP contribution >= 0.6 is 11.3 Å². The van der Waals surface area contributed by atoms with Crippen LogP contribution < -0.4 is 4.74 Å². The van der Waals surface area contributed by atoms with Gasteiger partial charge in [-0.25, -0.2) is 0 Å². The van der Waals surface area contributed by atoms with Gasteiger partial charge in [0.05, 0.1) is 5.92 Å². The van der Waals surface area contributed by atoms with Gasteiger partial charge in [0.1, 0.15) is 23.0 Å². The number of benzene rings is 11. The first-order valence-corrected chi connectivity index (χ1v) is 22.5. The van der Waals surface area contributed by atoms with Crippen LogP contribution in [0.2, 0.25) is 0 Å². The van der Waals surface area contributed by atoms with Gasteiger partial charge in [0.2, 0.25) is 0 Å². The summed E-state index contributed by atoms with van der Waals surface area (Å²) in [5.74, 6) is 0.947. The second kappa shape index (κ2) is 13.4. The van der Waals surface area contributed by atoms with E-state index in [1.54, 1.807) is 0 Å². The molecule has 0 N–H and O–H groups in total. The Balaban J connectivity index is 1.10. The Hall–Kier alpha value is -7.72. The molecule has 2 unspecified atom stereocenters. The minimum atomic E-state index is -0.228. The van der Waals surface area contributed by atoms with Crippen molar-refractivity contribution in [1.29, 1.82) is 0 Å². The lowest BCUT2D eigenvalue weighted by atomic mass is 9.81. The molecule has 0 amide bonds. The molecule has 11 aromatic carbocycles. The van der Waals surface area contributed by atoms with E-state index in [0.717, 1.165) is 33.1 Å². The lowest BCUT2D eigenvalue weighted by Crippen LogP contribution is -2.11. The molecule has 3 heterocycles. The van der Waals surface area contributed by atoms with Gasteiger partial charge in [-0.05, 0) is 90.3 Å². The molecule has 0 radical (unpaired) electrons. The number of fused-ring (bicyclic) bond motifs is 12. The highest BCUT2D eigenvalue weighted by atomic mass is 32.1. The van der Waals surface area contributed by atoms with Gasteiger partial charge in [0.25, 0.3) is 0 Å². The monoisotopic (exact) mass is 820 g/mol. The Labute approximate surface area is 366 Å². The molecule has 0 spiro atoms. The fraction of sp³-hybridized carbons (Fsp3) is 0.0333. The van der Waals surface area contributed by atoms with E-state index in [1.807, 2.05) is 11.3 Å². The number of thiophene rings is 1. The Morgan fingerprint density at radius 3 is 1.81 bits per heavy atom. The molecule has 13 aromatic rings. The summed E-state index contributed by atoms with van der Waals surface area (Å²) in [6, 6.07) is 75.4. The maximum absolute atomic E-state index is 7.64. The highest BCUT2D eigenvalue weighted by molar-refractivity contribution is 7.26. The van der Waals surface area contributed by atoms with Crippen molar-refractivity contribution in [2.24, 2.45) is 0 Å². The van der Waals surface area contributed by atoms with Gasteiger partial charge < -0.3 is 9.15 Å². The summed E-state index contributed by atoms with van der Waals surface area (Å²) in [4.78, 5) is 0. The fourth-order valence-corrected chi connectivity index (χ4v) is 12.1. The number of hydrogen-bond donors (Lipinski definition) is 0. The third kappa shape index (κ3) is 5.06. The Kier molecular flexibility index (Phi) is 7.42. The maximum Gasteiger partial charge on any atom is 0.143 e. The van der Waals surface area contributed by atoms with Crippen molar-refractivity contribution in [3.05, 3.63) is 223 Å². The first-order valence-electron chi connectivity index (χ1n) is 21.7. The molecule has 1 aliphatic heterocycles. The Bertz CT molecular complexity index is 3970. The predicted molar refractivity (Wildman–Crippen MR) is 266 cm³/mol. The first-order chi connectivity index (χ1) is 31.3. The second-order valence-corrected chi connectivity index (χ2v) is 18.0. The zero-order chi connectivity index (χ0) is 41.2. The predicted octanol–water partition coefficient (Wildman–Crippen LogP) is 17.2. The third-order valence-corrected chi connectivity index (χ3v) is 14.8. The third-order valence-electron chi connectivity index (χ3n) is 13.6. The summed E-state index contributed by atoms with van der Waals surface area (Å²) in [5.41, 5.74) is 10.2. The van der Waals surface area contributed by atoms with E-state index in [4.69, 9.17) is 9.15 Å². The van der Waals surface area contributed by atoms with E-state index in [1.165, 1.54) is 96.8 Å². The largest absolute Gasteiger partial charge is 0.484 e. The van der Waals surface area contributed by atoms with Gasteiger partial charge in [-0.2, -0.15) is 0 Å². The van der Waals surface area contributed by atoms with Gasteiger partial charge in [0, 0.05) is 53.0 Å². The lowest BCUT2D eigenvalue weighted by Gasteiger charge is -2.21. The van der Waals surface area contributed by atoms with E-state index >= 15 is 0 Å². The van der Waals surface area contributed by atoms with Crippen molar-refractivity contribution >= 4 is 96.5 Å². The molecule has 1 aliphatic rings. The SMILES string of the molecule is c1ccc(C2c3cc4c(sc5ccccc54)c(-c4c5ccccc5c(-c5cccc6oc7c8ccccc8ccc7c56)c5ccccc45)c3OC2c2ccc3ccccc3c2)cc1. The number of hydrogen-bond acceptors (Lipinski definition) is 3. The standard InChI is InChI=1S/C60H36O2S/c1-2-17-37(18-3-1)52-49-34-48-41-21-12-13-28-51(41)63-60(48)56(59(49)62-57(52)39-30-29-35-15-4-5-19-38(35)33-39)55-44-24-10-8-22-42(44)53(43-23-9-11-25-45(43)55)46-26-14-27-50-54(46)47-32-31-36-16-6-7-20-40(36)58(47)61-50/h1-34,52,57H. The fourth-order valence-electron chi connectivity index (χ4n) is 10.9. The average molecular weight is 821 g/mol. The molecule has 63 heavy (non-hydrogen) atoms. The normalized spacial score (nSPS) is 15.1. The van der Waals surface area contributed by atoms with Crippen molar-refractivity contribution in [2.45, 2.75) is 12.0 Å². The van der Waals surface area contributed by atoms with E-state index in [9.17, 15) is 0 Å². The summed E-state index contributed by atoms with van der Waals surface area (Å²) in [6.45, 7) is 0. The van der Waals surface area contributed by atoms with E-state index in [0.29, 0.717) is 0 Å². The van der Waals surface area contributed by atoms with Crippen LogP contribution in [0.3, 0.4) is 0 Å². The van der Waals surface area contributed by atoms with Crippen LogP contribution in [0, 0.1) is 0 Å². The minimum absolute atomic E-state index is 0.0240. The summed E-state index contributed by atoms with van der Waals surface area (Å²) < 4.78 is 16.9. The molecule has 0 bridgehead atoms. The highest BCUT2D eigenvalue weighted by Crippen LogP contribution is 2.59. The first kappa shape index (κ1) is 34.9.